The van der Waals surface area contributed by atoms with E-state index in [0.717, 1.165) is 22.3 Å². The van der Waals surface area contributed by atoms with E-state index in [1.807, 2.05) is 30.3 Å². The highest BCUT2D eigenvalue weighted by molar-refractivity contribution is 5.87. The average molecular weight is 573 g/mol. The van der Waals surface area contributed by atoms with E-state index in [1.165, 1.54) is 11.1 Å². The molecule has 3 aromatic carbocycles. The lowest BCUT2D eigenvalue weighted by molar-refractivity contribution is -0.149. The van der Waals surface area contributed by atoms with Crippen LogP contribution in [-0.2, 0) is 35.9 Å². The van der Waals surface area contributed by atoms with Gasteiger partial charge in [-0.1, -0.05) is 93.6 Å². The highest BCUT2D eigenvalue weighted by Crippen LogP contribution is 2.48. The summed E-state index contributed by atoms with van der Waals surface area (Å²) in [5, 5.41) is 13.9. The van der Waals surface area contributed by atoms with Crippen LogP contribution >= 0.6 is 0 Å². The minimum atomic E-state index is -1.18. The van der Waals surface area contributed by atoms with Gasteiger partial charge in [-0.05, 0) is 45.2 Å². The van der Waals surface area contributed by atoms with Crippen molar-refractivity contribution in [3.05, 3.63) is 95.1 Å². The average Bonchev–Trinajstić information content (AvgIpc) is 3.29. The van der Waals surface area contributed by atoms with Crippen molar-refractivity contribution < 1.29 is 33.8 Å². The number of rotatable bonds is 11. The largest absolute Gasteiger partial charge is 0.481 e. The molecule has 0 radical (unpaired) electrons. The summed E-state index contributed by atoms with van der Waals surface area (Å²) < 4.78 is 10.8. The van der Waals surface area contributed by atoms with Gasteiger partial charge in [-0.25, -0.2) is 9.59 Å². The van der Waals surface area contributed by atoms with Gasteiger partial charge in [0.05, 0.1) is 0 Å². The number of carbonyl (C=O) groups excluding carboxylic acids is 3. The SMILES string of the molecule is CC(C)(C)c1cccc2c1-c1ccccc1C2COC(=O)NCC(=O)N[C@@H](CCC(=O)O)C(=O)OCc1ccccc1. The molecule has 220 valence electrons. The molecule has 9 nitrogen and oxygen atoms in total. The lowest BCUT2D eigenvalue weighted by Gasteiger charge is -2.23. The van der Waals surface area contributed by atoms with Gasteiger partial charge in [-0.3, -0.25) is 9.59 Å². The monoisotopic (exact) mass is 572 g/mol. The number of ether oxygens (including phenoxy) is 2. The Morgan fingerprint density at radius 1 is 0.881 bits per heavy atom. The summed E-state index contributed by atoms with van der Waals surface area (Å²) in [5.74, 6) is -2.70. The molecule has 1 aliphatic carbocycles. The molecular weight excluding hydrogens is 536 g/mol. The van der Waals surface area contributed by atoms with E-state index >= 15 is 0 Å². The molecule has 0 aromatic heterocycles. The normalized spacial score (nSPS) is 14.2. The number of hydrogen-bond donors (Lipinski definition) is 3. The van der Waals surface area contributed by atoms with Crippen molar-refractivity contribution in [1.29, 1.82) is 0 Å². The van der Waals surface area contributed by atoms with Gasteiger partial charge >= 0.3 is 18.0 Å². The van der Waals surface area contributed by atoms with Crippen LogP contribution < -0.4 is 10.6 Å². The molecule has 1 unspecified atom stereocenters. The molecule has 42 heavy (non-hydrogen) atoms. The summed E-state index contributed by atoms with van der Waals surface area (Å²) in [6, 6.07) is 22.1. The summed E-state index contributed by atoms with van der Waals surface area (Å²) in [4.78, 5) is 48.8. The van der Waals surface area contributed by atoms with E-state index in [9.17, 15) is 19.2 Å². The Morgan fingerprint density at radius 3 is 2.29 bits per heavy atom. The van der Waals surface area contributed by atoms with Crippen LogP contribution in [0.2, 0.25) is 0 Å². The zero-order chi connectivity index (χ0) is 30.3. The van der Waals surface area contributed by atoms with Crippen molar-refractivity contribution in [1.82, 2.24) is 10.6 Å². The zero-order valence-electron chi connectivity index (χ0n) is 24.0. The number of carboxylic acids is 1. The number of amides is 2. The van der Waals surface area contributed by atoms with Crippen LogP contribution in [0.1, 0.15) is 61.8 Å². The second kappa shape index (κ2) is 13.3. The van der Waals surface area contributed by atoms with E-state index < -0.39 is 36.5 Å². The smallest absolute Gasteiger partial charge is 0.407 e. The highest BCUT2D eigenvalue weighted by Gasteiger charge is 2.33. The third kappa shape index (κ3) is 7.54. The Morgan fingerprint density at radius 2 is 1.57 bits per heavy atom. The molecule has 0 spiro atoms. The number of hydrogen-bond acceptors (Lipinski definition) is 6. The van der Waals surface area contributed by atoms with Crippen LogP contribution in [0.15, 0.2) is 72.8 Å². The fourth-order valence-corrected chi connectivity index (χ4v) is 5.12. The molecule has 3 N–H and O–H groups in total. The Kier molecular flexibility index (Phi) is 9.62. The number of esters is 1. The number of alkyl carbamates (subject to hydrolysis) is 1. The first-order valence-electron chi connectivity index (χ1n) is 13.9. The molecule has 0 aliphatic heterocycles. The minimum Gasteiger partial charge on any atom is -0.481 e. The van der Waals surface area contributed by atoms with Crippen LogP contribution in [0.5, 0.6) is 0 Å². The van der Waals surface area contributed by atoms with Crippen molar-refractivity contribution in [3.8, 4) is 11.1 Å². The van der Waals surface area contributed by atoms with Crippen LogP contribution in [-0.4, -0.2) is 48.2 Å². The van der Waals surface area contributed by atoms with E-state index in [-0.39, 0.29) is 37.4 Å². The topological polar surface area (TPSA) is 131 Å². The molecule has 4 rings (SSSR count). The number of benzene rings is 3. The molecule has 3 aromatic rings. The second-order valence-electron chi connectivity index (χ2n) is 11.3. The first kappa shape index (κ1) is 30.3. The fraction of sp³-hybridized carbons (Fsp3) is 0.333. The fourth-order valence-electron chi connectivity index (χ4n) is 5.12. The van der Waals surface area contributed by atoms with Crippen molar-refractivity contribution in [3.63, 3.8) is 0 Å². The van der Waals surface area contributed by atoms with Crippen LogP contribution in [0, 0.1) is 0 Å². The Labute approximate surface area is 245 Å². The standard InChI is InChI=1S/C33H36N2O7/c1-33(2,3)26-15-9-14-24-25(22-12-7-8-13-23(22)30(24)26)20-42-32(40)34-18-28(36)35-27(16-17-29(37)38)31(39)41-19-21-10-5-4-6-11-21/h4-15,25,27H,16-20H2,1-3H3,(H,34,40)(H,35,36)(H,37,38)/t25?,27-/m0/s1. The number of carboxylic acid groups (broad SMARTS) is 1. The maximum atomic E-state index is 12.6. The zero-order valence-corrected chi connectivity index (χ0v) is 24.0. The van der Waals surface area contributed by atoms with Gasteiger partial charge in [0.1, 0.15) is 25.8 Å². The van der Waals surface area contributed by atoms with Crippen LogP contribution in [0.4, 0.5) is 4.79 Å². The molecular formula is C33H36N2O7. The number of carbonyl (C=O) groups is 4. The van der Waals surface area contributed by atoms with Gasteiger partial charge in [-0.15, -0.1) is 0 Å². The highest BCUT2D eigenvalue weighted by atomic mass is 16.5. The van der Waals surface area contributed by atoms with Crippen molar-refractivity contribution in [2.45, 2.75) is 57.6 Å². The summed E-state index contributed by atoms with van der Waals surface area (Å²) in [6.07, 6.45) is -1.28. The van der Waals surface area contributed by atoms with Gasteiger partial charge in [0.2, 0.25) is 5.91 Å². The van der Waals surface area contributed by atoms with E-state index in [1.54, 1.807) is 24.3 Å². The quantitative estimate of drug-likeness (QED) is 0.278. The number of fused-ring (bicyclic) bond motifs is 3. The lowest BCUT2D eigenvalue weighted by atomic mass is 9.81. The molecule has 0 saturated heterocycles. The van der Waals surface area contributed by atoms with Gasteiger partial charge in [-0.2, -0.15) is 0 Å². The third-order valence-electron chi connectivity index (χ3n) is 7.15. The van der Waals surface area contributed by atoms with Crippen molar-refractivity contribution in [2.24, 2.45) is 0 Å². The van der Waals surface area contributed by atoms with Gasteiger partial charge in [0.15, 0.2) is 0 Å². The Hall–Kier alpha value is -4.66. The first-order chi connectivity index (χ1) is 20.0. The van der Waals surface area contributed by atoms with E-state index in [0.29, 0.717) is 0 Å². The lowest BCUT2D eigenvalue weighted by Crippen LogP contribution is -2.46. The molecule has 0 bridgehead atoms. The molecule has 9 heteroatoms. The summed E-state index contributed by atoms with van der Waals surface area (Å²) in [6.45, 7) is 6.11. The molecule has 2 amide bonds. The third-order valence-corrected chi connectivity index (χ3v) is 7.15. The Bertz CT molecular complexity index is 1450. The summed E-state index contributed by atoms with van der Waals surface area (Å²) in [7, 11) is 0. The summed E-state index contributed by atoms with van der Waals surface area (Å²) >= 11 is 0. The van der Waals surface area contributed by atoms with Crippen LogP contribution in [0.3, 0.4) is 0 Å². The maximum absolute atomic E-state index is 12.6. The van der Waals surface area contributed by atoms with Crippen LogP contribution in [0.25, 0.3) is 11.1 Å². The van der Waals surface area contributed by atoms with Gasteiger partial charge < -0.3 is 25.2 Å². The summed E-state index contributed by atoms with van der Waals surface area (Å²) in [5.41, 5.74) is 6.35. The predicted molar refractivity (Wildman–Crippen MR) is 157 cm³/mol. The van der Waals surface area contributed by atoms with E-state index in [2.05, 4.69) is 49.6 Å². The van der Waals surface area contributed by atoms with Crippen molar-refractivity contribution >= 4 is 23.9 Å². The molecule has 2 atom stereocenters. The molecule has 1 aliphatic rings. The predicted octanol–water partition coefficient (Wildman–Crippen LogP) is 4.92. The number of nitrogens with one attached hydrogen (secondary N) is 2. The van der Waals surface area contributed by atoms with E-state index in [4.69, 9.17) is 14.6 Å². The minimum absolute atomic E-state index is 0.0195. The molecule has 0 saturated carbocycles. The maximum Gasteiger partial charge on any atom is 0.407 e. The number of aliphatic carboxylic acids is 1. The second-order valence-corrected chi connectivity index (χ2v) is 11.3. The Balaban J connectivity index is 1.33. The first-order valence-corrected chi connectivity index (χ1v) is 13.9. The van der Waals surface area contributed by atoms with Gasteiger partial charge in [0.25, 0.3) is 0 Å². The van der Waals surface area contributed by atoms with Gasteiger partial charge in [0, 0.05) is 12.3 Å². The molecule has 0 heterocycles. The molecule has 0 fully saturated rings. The van der Waals surface area contributed by atoms with Crippen molar-refractivity contribution in [2.75, 3.05) is 13.2 Å².